The van der Waals surface area contributed by atoms with Crippen LogP contribution in [0, 0.1) is 3.57 Å². The highest BCUT2D eigenvalue weighted by molar-refractivity contribution is 14.1. The fourth-order valence-corrected chi connectivity index (χ4v) is 2.93. The molecule has 0 aromatic heterocycles. The molecule has 1 aromatic rings. The molecule has 0 amide bonds. The topological polar surface area (TPSA) is 83.8 Å². The molecule has 8 heteroatoms. The Morgan fingerprint density at radius 3 is 2.47 bits per heavy atom. The highest BCUT2D eigenvalue weighted by Gasteiger charge is 2.23. The number of phenolic OH excluding ortho intramolecular Hbond substituents is 1. The predicted molar refractivity (Wildman–Crippen MR) is 62.2 cm³/mol. The molecule has 0 radical (unpaired) electrons. The molecular weight excluding hydrogens is 358 g/mol. The summed E-state index contributed by atoms with van der Waals surface area (Å²) in [5.41, 5.74) is 0. The molecule has 1 aromatic carbocycles. The molecule has 5 nitrogen and oxygen atoms in total. The molecule has 2 N–H and O–H groups in total. The molecule has 0 saturated carbocycles. The van der Waals surface area contributed by atoms with Gasteiger partial charge in [0, 0.05) is 0 Å². The van der Waals surface area contributed by atoms with Crippen LogP contribution in [0.5, 0.6) is 11.5 Å². The van der Waals surface area contributed by atoms with Gasteiger partial charge in [-0.25, -0.2) is 0 Å². The van der Waals surface area contributed by atoms with E-state index in [2.05, 4.69) is 0 Å². The van der Waals surface area contributed by atoms with Gasteiger partial charge in [-0.2, -0.15) is 8.42 Å². The summed E-state index contributed by atoms with van der Waals surface area (Å²) >= 11 is 7.34. The van der Waals surface area contributed by atoms with Crippen molar-refractivity contribution in [2.45, 2.75) is 4.90 Å². The third-order valence-corrected chi connectivity index (χ3v) is 3.63. The quantitative estimate of drug-likeness (QED) is 0.619. The lowest BCUT2D eigenvalue weighted by Crippen LogP contribution is -2.02. The van der Waals surface area contributed by atoms with Crippen LogP contribution in [0.2, 0.25) is 5.02 Å². The summed E-state index contributed by atoms with van der Waals surface area (Å²) in [5.74, 6) is -0.571. The van der Waals surface area contributed by atoms with Gasteiger partial charge in [0.05, 0.1) is 10.7 Å². The Bertz CT molecular complexity index is 499. The summed E-state index contributed by atoms with van der Waals surface area (Å²) in [7, 11) is -3.25. The van der Waals surface area contributed by atoms with Crippen LogP contribution in [0.25, 0.3) is 0 Å². The van der Waals surface area contributed by atoms with Crippen LogP contribution in [-0.4, -0.2) is 25.2 Å². The van der Waals surface area contributed by atoms with Crippen molar-refractivity contribution in [1.82, 2.24) is 0 Å². The zero-order valence-corrected chi connectivity index (χ0v) is 11.1. The number of halogens is 2. The molecule has 1 rings (SSSR count). The minimum absolute atomic E-state index is 0.200. The van der Waals surface area contributed by atoms with Gasteiger partial charge >= 0.3 is 0 Å². The van der Waals surface area contributed by atoms with Gasteiger partial charge in [-0.3, -0.25) is 4.55 Å². The van der Waals surface area contributed by atoms with Gasteiger partial charge in [0.1, 0.15) is 9.92 Å². The van der Waals surface area contributed by atoms with Gasteiger partial charge in [0.15, 0.2) is 11.5 Å². The van der Waals surface area contributed by atoms with Crippen LogP contribution in [0.15, 0.2) is 11.0 Å². The van der Waals surface area contributed by atoms with E-state index < -0.39 is 15.0 Å². The fourth-order valence-electron chi connectivity index (χ4n) is 0.951. The molecule has 0 atom stereocenters. The Kier molecular flexibility index (Phi) is 3.69. The first kappa shape index (κ1) is 12.8. The molecule has 0 unspecified atom stereocenters. The van der Waals surface area contributed by atoms with E-state index in [0.717, 1.165) is 6.07 Å². The Labute approximate surface area is 105 Å². The van der Waals surface area contributed by atoms with E-state index in [-0.39, 0.29) is 20.1 Å². The standard InChI is InChI=1S/C7H6ClIO5S/c1-14-7-4(15(11,12)13)2-3(9)6(10)5(7)8/h2,10H,1H3,(H,11,12,13). The number of hydrogen-bond donors (Lipinski definition) is 2. The van der Waals surface area contributed by atoms with Crippen molar-refractivity contribution in [2.75, 3.05) is 7.11 Å². The van der Waals surface area contributed by atoms with Crippen molar-refractivity contribution in [3.05, 3.63) is 14.7 Å². The highest BCUT2D eigenvalue weighted by Crippen LogP contribution is 2.41. The summed E-state index contributed by atoms with van der Waals surface area (Å²) in [6.45, 7) is 0. The van der Waals surface area contributed by atoms with Gasteiger partial charge in [-0.1, -0.05) is 11.6 Å². The monoisotopic (exact) mass is 364 g/mol. The highest BCUT2D eigenvalue weighted by atomic mass is 127. The average Bonchev–Trinajstić information content (AvgIpc) is 2.12. The summed E-state index contributed by atoms with van der Waals surface area (Å²) < 4.78 is 35.7. The largest absolute Gasteiger partial charge is 0.505 e. The zero-order valence-electron chi connectivity index (χ0n) is 7.36. The van der Waals surface area contributed by atoms with E-state index in [4.69, 9.17) is 20.9 Å². The molecule has 0 spiro atoms. The third kappa shape index (κ3) is 2.47. The molecule has 15 heavy (non-hydrogen) atoms. The number of phenols is 1. The Balaban J connectivity index is 3.68. The lowest BCUT2D eigenvalue weighted by Gasteiger charge is -2.10. The fraction of sp³-hybridized carbons (Fsp3) is 0.143. The zero-order chi connectivity index (χ0) is 11.8. The van der Waals surface area contributed by atoms with E-state index in [1.807, 2.05) is 0 Å². The van der Waals surface area contributed by atoms with Crippen molar-refractivity contribution in [1.29, 1.82) is 0 Å². The normalized spacial score (nSPS) is 11.5. The van der Waals surface area contributed by atoms with E-state index in [1.165, 1.54) is 7.11 Å². The second-order valence-electron chi connectivity index (χ2n) is 2.53. The van der Waals surface area contributed by atoms with Crippen LogP contribution in [0.3, 0.4) is 0 Å². The Hall–Kier alpha value is -0.250. The number of rotatable bonds is 2. The maximum Gasteiger partial charge on any atom is 0.298 e. The molecule has 0 aliphatic heterocycles. The van der Waals surface area contributed by atoms with E-state index in [1.54, 1.807) is 22.6 Å². The van der Waals surface area contributed by atoms with Gasteiger partial charge in [0.25, 0.3) is 10.1 Å². The second kappa shape index (κ2) is 4.32. The molecule has 0 bridgehead atoms. The number of ether oxygens (including phenoxy) is 1. The molecule has 0 heterocycles. The molecule has 0 fully saturated rings. The van der Waals surface area contributed by atoms with Gasteiger partial charge in [0.2, 0.25) is 0 Å². The number of benzene rings is 1. The number of aromatic hydroxyl groups is 1. The molecular formula is C7H6ClIO5S. The smallest absolute Gasteiger partial charge is 0.298 e. The van der Waals surface area contributed by atoms with Crippen LogP contribution < -0.4 is 4.74 Å². The maximum absolute atomic E-state index is 11.0. The molecule has 0 aliphatic carbocycles. The predicted octanol–water partition coefficient (Wildman–Crippen LogP) is 1.91. The summed E-state index contributed by atoms with van der Waals surface area (Å²) in [4.78, 5) is -0.475. The lowest BCUT2D eigenvalue weighted by atomic mass is 10.3. The van der Waals surface area contributed by atoms with Crippen molar-refractivity contribution < 1.29 is 22.8 Å². The van der Waals surface area contributed by atoms with Gasteiger partial charge < -0.3 is 9.84 Å². The summed E-state index contributed by atoms with van der Waals surface area (Å²) in [6, 6.07) is 1.07. The van der Waals surface area contributed by atoms with Crippen molar-refractivity contribution in [3.63, 3.8) is 0 Å². The average molecular weight is 365 g/mol. The Morgan fingerprint density at radius 2 is 2.07 bits per heavy atom. The van der Waals surface area contributed by atoms with E-state index in [0.29, 0.717) is 0 Å². The van der Waals surface area contributed by atoms with Crippen LogP contribution in [0.4, 0.5) is 0 Å². The minimum atomic E-state index is -4.43. The third-order valence-electron chi connectivity index (χ3n) is 1.60. The van der Waals surface area contributed by atoms with Crippen LogP contribution in [0.1, 0.15) is 0 Å². The number of methoxy groups -OCH3 is 1. The van der Waals surface area contributed by atoms with Crippen molar-refractivity contribution in [3.8, 4) is 11.5 Å². The summed E-state index contributed by atoms with van der Waals surface area (Å²) in [6.07, 6.45) is 0. The first-order valence-corrected chi connectivity index (χ1v) is 6.41. The number of hydrogen-bond acceptors (Lipinski definition) is 4. The molecule has 84 valence electrons. The lowest BCUT2D eigenvalue weighted by molar-refractivity contribution is 0.391. The van der Waals surface area contributed by atoms with E-state index in [9.17, 15) is 13.5 Å². The van der Waals surface area contributed by atoms with Crippen molar-refractivity contribution >= 4 is 44.3 Å². The second-order valence-corrected chi connectivity index (χ2v) is 5.46. The van der Waals surface area contributed by atoms with Gasteiger partial charge in [-0.05, 0) is 28.7 Å². The molecule has 0 saturated heterocycles. The Morgan fingerprint density at radius 1 is 1.53 bits per heavy atom. The first-order valence-electron chi connectivity index (χ1n) is 3.51. The summed E-state index contributed by atoms with van der Waals surface area (Å²) in [5, 5.41) is 9.16. The van der Waals surface area contributed by atoms with Crippen molar-refractivity contribution in [2.24, 2.45) is 0 Å². The van der Waals surface area contributed by atoms with Crippen LogP contribution in [-0.2, 0) is 10.1 Å². The van der Waals surface area contributed by atoms with E-state index >= 15 is 0 Å². The molecule has 0 aliphatic rings. The minimum Gasteiger partial charge on any atom is -0.505 e. The van der Waals surface area contributed by atoms with Gasteiger partial charge in [-0.15, -0.1) is 0 Å². The SMILES string of the molecule is COc1c(S(=O)(=O)O)cc(I)c(O)c1Cl. The van der Waals surface area contributed by atoms with Crippen LogP contribution >= 0.6 is 34.2 Å². The first-order chi connectivity index (χ1) is 6.79. The maximum atomic E-state index is 11.0.